The number of nitrogens with one attached hydrogen (secondary N) is 1. The Kier molecular flexibility index (Phi) is 4.99. The van der Waals surface area contributed by atoms with Crippen molar-refractivity contribution in [3.05, 3.63) is 61.6 Å². The number of amides is 1. The Hall–Kier alpha value is -0.880. The van der Waals surface area contributed by atoms with Crippen LogP contribution in [-0.2, 0) is 6.42 Å². The number of rotatable bonds is 3. The largest absolute Gasteiger partial charge is 0.322 e. The molecule has 19 heavy (non-hydrogen) atoms. The third kappa shape index (κ3) is 3.79. The molecule has 0 spiro atoms. The molecule has 2 aromatic rings. The first-order valence-electron chi connectivity index (χ1n) is 5.95. The van der Waals surface area contributed by atoms with Gasteiger partial charge in [0, 0.05) is 19.3 Å². The average molecular weight is 430 g/mol. The second-order valence-corrected chi connectivity index (χ2v) is 6.28. The van der Waals surface area contributed by atoms with Gasteiger partial charge in [-0.15, -0.1) is 0 Å². The van der Waals surface area contributed by atoms with Crippen molar-refractivity contribution in [1.82, 2.24) is 0 Å². The van der Waals surface area contributed by atoms with Gasteiger partial charge in [0.05, 0.1) is 0 Å². The van der Waals surface area contributed by atoms with Crippen molar-refractivity contribution in [1.29, 1.82) is 0 Å². The van der Waals surface area contributed by atoms with Gasteiger partial charge in [0.25, 0.3) is 5.91 Å². The van der Waals surface area contributed by atoms with E-state index in [1.165, 1.54) is 0 Å². The first-order chi connectivity index (χ1) is 9.10. The van der Waals surface area contributed by atoms with Crippen LogP contribution in [0.5, 0.6) is 0 Å². The molecule has 2 aromatic carbocycles. The summed E-state index contributed by atoms with van der Waals surface area (Å²) in [5.74, 6) is -0.0736. The molecule has 0 saturated heterocycles. The summed E-state index contributed by atoms with van der Waals surface area (Å²) < 4.78 is 2.08. The number of carbonyl (C=O) groups excluding carboxylic acids is 1. The predicted octanol–water partition coefficient (Wildman–Crippen LogP) is 4.87. The molecule has 0 aliphatic heterocycles. The zero-order chi connectivity index (χ0) is 13.8. The van der Waals surface area contributed by atoms with E-state index in [1.54, 1.807) is 0 Å². The van der Waals surface area contributed by atoms with Crippen LogP contribution < -0.4 is 5.32 Å². The van der Waals surface area contributed by atoms with Crippen LogP contribution in [0.25, 0.3) is 0 Å². The van der Waals surface area contributed by atoms with Crippen LogP contribution in [-0.4, -0.2) is 5.91 Å². The quantitative estimate of drug-likeness (QED) is 0.693. The van der Waals surface area contributed by atoms with Gasteiger partial charge >= 0.3 is 0 Å². The van der Waals surface area contributed by atoms with Gasteiger partial charge in [-0.2, -0.15) is 0 Å². The third-order valence-corrected chi connectivity index (χ3v) is 3.95. The highest BCUT2D eigenvalue weighted by molar-refractivity contribution is 14.1. The Labute approximate surface area is 134 Å². The fourth-order valence-corrected chi connectivity index (χ4v) is 2.75. The molecule has 4 heteroatoms. The van der Waals surface area contributed by atoms with Crippen molar-refractivity contribution in [2.45, 2.75) is 13.3 Å². The standard InChI is InChI=1S/C15H13BrINO/c1-2-10-8-12(16)6-7-14(10)18-15(19)11-4-3-5-13(17)9-11/h3-9H,2H2,1H3,(H,18,19). The highest BCUT2D eigenvalue weighted by Gasteiger charge is 2.09. The third-order valence-electron chi connectivity index (χ3n) is 2.78. The molecular weight excluding hydrogens is 417 g/mol. The lowest BCUT2D eigenvalue weighted by atomic mass is 10.1. The lowest BCUT2D eigenvalue weighted by molar-refractivity contribution is 0.102. The summed E-state index contributed by atoms with van der Waals surface area (Å²) in [6, 6.07) is 13.4. The molecule has 2 nitrogen and oxygen atoms in total. The van der Waals surface area contributed by atoms with E-state index in [0.717, 1.165) is 25.7 Å². The van der Waals surface area contributed by atoms with E-state index < -0.39 is 0 Å². The second kappa shape index (κ2) is 6.52. The zero-order valence-corrected chi connectivity index (χ0v) is 14.2. The van der Waals surface area contributed by atoms with Gasteiger partial charge in [-0.25, -0.2) is 0 Å². The average Bonchev–Trinajstić information content (AvgIpc) is 2.40. The molecule has 0 aliphatic rings. The van der Waals surface area contributed by atoms with Crippen LogP contribution in [0.4, 0.5) is 5.69 Å². The Balaban J connectivity index is 2.24. The van der Waals surface area contributed by atoms with Crippen LogP contribution in [0.2, 0.25) is 0 Å². The SMILES string of the molecule is CCc1cc(Br)ccc1NC(=O)c1cccc(I)c1. The molecule has 2 rings (SSSR count). The van der Waals surface area contributed by atoms with Gasteiger partial charge in [0.2, 0.25) is 0 Å². The molecular formula is C15H13BrINO. The van der Waals surface area contributed by atoms with Gasteiger partial charge in [-0.05, 0) is 71.0 Å². The number of carbonyl (C=O) groups is 1. The molecule has 0 heterocycles. The molecule has 0 unspecified atom stereocenters. The van der Waals surface area contributed by atoms with E-state index in [9.17, 15) is 4.79 Å². The first kappa shape index (κ1) is 14.5. The summed E-state index contributed by atoms with van der Waals surface area (Å²) in [6.45, 7) is 2.07. The van der Waals surface area contributed by atoms with Crippen LogP contribution in [0, 0.1) is 3.57 Å². The summed E-state index contributed by atoms with van der Waals surface area (Å²) in [7, 11) is 0. The fraction of sp³-hybridized carbons (Fsp3) is 0.133. The van der Waals surface area contributed by atoms with E-state index >= 15 is 0 Å². The molecule has 0 atom stereocenters. The van der Waals surface area contributed by atoms with Crippen molar-refractivity contribution in [2.75, 3.05) is 5.32 Å². The van der Waals surface area contributed by atoms with E-state index in [-0.39, 0.29) is 5.91 Å². The smallest absolute Gasteiger partial charge is 0.255 e. The lowest BCUT2D eigenvalue weighted by Gasteiger charge is -2.10. The number of aryl methyl sites for hydroxylation is 1. The highest BCUT2D eigenvalue weighted by atomic mass is 127. The molecule has 0 fully saturated rings. The summed E-state index contributed by atoms with van der Waals surface area (Å²) in [5.41, 5.74) is 2.67. The van der Waals surface area contributed by atoms with E-state index in [1.807, 2.05) is 42.5 Å². The highest BCUT2D eigenvalue weighted by Crippen LogP contribution is 2.22. The fourth-order valence-electron chi connectivity index (χ4n) is 1.80. The normalized spacial score (nSPS) is 10.3. The Morgan fingerprint density at radius 1 is 1.26 bits per heavy atom. The van der Waals surface area contributed by atoms with Gasteiger partial charge in [0.15, 0.2) is 0 Å². The van der Waals surface area contributed by atoms with Crippen molar-refractivity contribution in [3.63, 3.8) is 0 Å². The van der Waals surface area contributed by atoms with Gasteiger partial charge in [-0.3, -0.25) is 4.79 Å². The van der Waals surface area contributed by atoms with Crippen LogP contribution >= 0.6 is 38.5 Å². The maximum atomic E-state index is 12.2. The van der Waals surface area contributed by atoms with Gasteiger partial charge < -0.3 is 5.32 Å². The molecule has 1 amide bonds. The van der Waals surface area contributed by atoms with Crippen molar-refractivity contribution in [2.24, 2.45) is 0 Å². The van der Waals surface area contributed by atoms with Crippen LogP contribution in [0.1, 0.15) is 22.8 Å². The molecule has 1 N–H and O–H groups in total. The van der Waals surface area contributed by atoms with E-state index in [0.29, 0.717) is 5.56 Å². The lowest BCUT2D eigenvalue weighted by Crippen LogP contribution is -2.13. The molecule has 0 aliphatic carbocycles. The van der Waals surface area contributed by atoms with Crippen molar-refractivity contribution >= 4 is 50.1 Å². The number of benzene rings is 2. The molecule has 0 radical (unpaired) electrons. The second-order valence-electron chi connectivity index (χ2n) is 4.12. The minimum Gasteiger partial charge on any atom is -0.322 e. The summed E-state index contributed by atoms with van der Waals surface area (Å²) in [4.78, 5) is 12.2. The minimum atomic E-state index is -0.0736. The van der Waals surface area contributed by atoms with Crippen molar-refractivity contribution < 1.29 is 4.79 Å². The Bertz CT molecular complexity index is 613. The zero-order valence-electron chi connectivity index (χ0n) is 10.4. The maximum Gasteiger partial charge on any atom is 0.255 e. The number of anilines is 1. The van der Waals surface area contributed by atoms with Gasteiger partial charge in [0.1, 0.15) is 0 Å². The minimum absolute atomic E-state index is 0.0736. The first-order valence-corrected chi connectivity index (χ1v) is 7.82. The van der Waals surface area contributed by atoms with Crippen LogP contribution in [0.3, 0.4) is 0 Å². The molecule has 98 valence electrons. The molecule has 0 aromatic heterocycles. The Morgan fingerprint density at radius 3 is 2.74 bits per heavy atom. The van der Waals surface area contributed by atoms with Gasteiger partial charge in [-0.1, -0.05) is 28.9 Å². The van der Waals surface area contributed by atoms with Crippen molar-refractivity contribution in [3.8, 4) is 0 Å². The monoisotopic (exact) mass is 429 g/mol. The molecule has 0 bridgehead atoms. The Morgan fingerprint density at radius 2 is 2.05 bits per heavy atom. The number of halogens is 2. The summed E-state index contributed by atoms with van der Waals surface area (Å²) in [5, 5.41) is 2.97. The number of hydrogen-bond acceptors (Lipinski definition) is 1. The topological polar surface area (TPSA) is 29.1 Å². The van der Waals surface area contributed by atoms with Crippen LogP contribution in [0.15, 0.2) is 46.9 Å². The van der Waals surface area contributed by atoms with E-state index in [4.69, 9.17) is 0 Å². The summed E-state index contributed by atoms with van der Waals surface area (Å²) >= 11 is 5.65. The summed E-state index contributed by atoms with van der Waals surface area (Å²) in [6.07, 6.45) is 0.876. The number of hydrogen-bond donors (Lipinski definition) is 1. The predicted molar refractivity (Wildman–Crippen MR) is 90.6 cm³/mol. The maximum absolute atomic E-state index is 12.2. The van der Waals surface area contributed by atoms with E-state index in [2.05, 4.69) is 50.8 Å². The molecule has 0 saturated carbocycles.